The SMILES string of the molecule is CC1=CNC=C(C(C)(C)C)N1. The fraction of sp³-hybridized carbons (Fsp3) is 0.556. The van der Waals surface area contributed by atoms with E-state index in [1.54, 1.807) is 0 Å². The number of allylic oxidation sites excluding steroid dienone is 2. The predicted octanol–water partition coefficient (Wildman–Crippen LogP) is 1.93. The van der Waals surface area contributed by atoms with Gasteiger partial charge in [0.2, 0.25) is 0 Å². The van der Waals surface area contributed by atoms with E-state index in [2.05, 4.69) is 31.4 Å². The minimum atomic E-state index is 0.197. The topological polar surface area (TPSA) is 24.1 Å². The van der Waals surface area contributed by atoms with Gasteiger partial charge in [0.15, 0.2) is 0 Å². The lowest BCUT2D eigenvalue weighted by Crippen LogP contribution is -2.28. The second-order valence-electron chi connectivity index (χ2n) is 3.93. The maximum absolute atomic E-state index is 3.32. The van der Waals surface area contributed by atoms with Crippen LogP contribution in [-0.2, 0) is 0 Å². The minimum absolute atomic E-state index is 0.197. The summed E-state index contributed by atoms with van der Waals surface area (Å²) in [6.07, 6.45) is 3.96. The quantitative estimate of drug-likeness (QED) is 0.554. The summed E-state index contributed by atoms with van der Waals surface area (Å²) in [5.74, 6) is 0. The molecule has 0 aliphatic carbocycles. The molecule has 0 bridgehead atoms. The molecule has 1 rings (SSSR count). The Morgan fingerprint density at radius 2 is 1.82 bits per heavy atom. The molecule has 0 unspecified atom stereocenters. The first-order valence-electron chi connectivity index (χ1n) is 3.90. The highest BCUT2D eigenvalue weighted by atomic mass is 15.0. The predicted molar refractivity (Wildman–Crippen MR) is 47.6 cm³/mol. The molecule has 0 radical (unpaired) electrons. The van der Waals surface area contributed by atoms with Gasteiger partial charge in [0.25, 0.3) is 0 Å². The van der Waals surface area contributed by atoms with E-state index >= 15 is 0 Å². The van der Waals surface area contributed by atoms with Crippen molar-refractivity contribution in [1.29, 1.82) is 0 Å². The number of nitrogens with one attached hydrogen (secondary N) is 2. The smallest absolute Gasteiger partial charge is 0.0366 e. The van der Waals surface area contributed by atoms with Gasteiger partial charge in [-0.1, -0.05) is 20.8 Å². The highest BCUT2D eigenvalue weighted by Crippen LogP contribution is 2.23. The zero-order chi connectivity index (χ0) is 8.48. The van der Waals surface area contributed by atoms with Crippen molar-refractivity contribution in [2.24, 2.45) is 5.41 Å². The molecule has 1 aliphatic rings. The van der Waals surface area contributed by atoms with Crippen LogP contribution in [0.4, 0.5) is 0 Å². The van der Waals surface area contributed by atoms with Crippen LogP contribution in [0, 0.1) is 5.41 Å². The molecule has 1 heterocycles. The molecule has 0 atom stereocenters. The number of rotatable bonds is 0. The van der Waals surface area contributed by atoms with Gasteiger partial charge in [0, 0.05) is 29.2 Å². The first-order chi connectivity index (χ1) is 5.00. The third kappa shape index (κ3) is 2.00. The highest BCUT2D eigenvalue weighted by molar-refractivity contribution is 5.19. The first kappa shape index (κ1) is 8.18. The van der Waals surface area contributed by atoms with Gasteiger partial charge >= 0.3 is 0 Å². The summed E-state index contributed by atoms with van der Waals surface area (Å²) in [6, 6.07) is 0. The Kier molecular flexibility index (Phi) is 1.94. The monoisotopic (exact) mass is 152 g/mol. The molecule has 1 aliphatic heterocycles. The maximum Gasteiger partial charge on any atom is 0.0366 e. The van der Waals surface area contributed by atoms with Crippen molar-refractivity contribution in [2.75, 3.05) is 0 Å². The fourth-order valence-electron chi connectivity index (χ4n) is 0.939. The summed E-state index contributed by atoms with van der Waals surface area (Å²) in [7, 11) is 0. The van der Waals surface area contributed by atoms with Crippen molar-refractivity contribution in [3.63, 3.8) is 0 Å². The van der Waals surface area contributed by atoms with Gasteiger partial charge in [-0.05, 0) is 6.92 Å². The van der Waals surface area contributed by atoms with Gasteiger partial charge in [0.1, 0.15) is 0 Å². The van der Waals surface area contributed by atoms with E-state index in [1.807, 2.05) is 19.3 Å². The Labute approximate surface area is 68.4 Å². The molecule has 0 fully saturated rings. The lowest BCUT2D eigenvalue weighted by molar-refractivity contribution is 0.466. The van der Waals surface area contributed by atoms with Gasteiger partial charge in [-0.15, -0.1) is 0 Å². The van der Waals surface area contributed by atoms with Crippen molar-refractivity contribution in [3.8, 4) is 0 Å². The van der Waals surface area contributed by atoms with Gasteiger partial charge in [-0.2, -0.15) is 0 Å². The summed E-state index contributed by atoms with van der Waals surface area (Å²) >= 11 is 0. The van der Waals surface area contributed by atoms with Gasteiger partial charge in [-0.3, -0.25) is 0 Å². The van der Waals surface area contributed by atoms with Crippen LogP contribution >= 0.6 is 0 Å². The Hall–Kier alpha value is -0.920. The molecule has 62 valence electrons. The van der Waals surface area contributed by atoms with E-state index in [1.165, 1.54) is 5.70 Å². The van der Waals surface area contributed by atoms with Gasteiger partial charge < -0.3 is 10.6 Å². The summed E-state index contributed by atoms with van der Waals surface area (Å²) < 4.78 is 0. The van der Waals surface area contributed by atoms with Crippen LogP contribution < -0.4 is 10.6 Å². The van der Waals surface area contributed by atoms with Crippen LogP contribution in [0.3, 0.4) is 0 Å². The Bertz CT molecular complexity index is 206. The Morgan fingerprint density at radius 1 is 1.18 bits per heavy atom. The molecule has 0 aromatic heterocycles. The highest BCUT2D eigenvalue weighted by Gasteiger charge is 2.18. The third-order valence-electron chi connectivity index (χ3n) is 1.67. The molecule has 0 saturated heterocycles. The lowest BCUT2D eigenvalue weighted by Gasteiger charge is -2.27. The Morgan fingerprint density at radius 3 is 2.18 bits per heavy atom. The zero-order valence-electron chi connectivity index (χ0n) is 7.65. The first-order valence-corrected chi connectivity index (χ1v) is 3.90. The average molecular weight is 152 g/mol. The van der Waals surface area contributed by atoms with Crippen molar-refractivity contribution in [3.05, 3.63) is 23.8 Å². The largest absolute Gasteiger partial charge is 0.365 e. The molecule has 2 N–H and O–H groups in total. The molecule has 0 amide bonds. The van der Waals surface area contributed by atoms with Crippen LogP contribution in [0.2, 0.25) is 0 Å². The number of hydrogen-bond donors (Lipinski definition) is 2. The molecule has 2 heteroatoms. The van der Waals surface area contributed by atoms with Crippen LogP contribution in [-0.4, -0.2) is 0 Å². The molecule has 0 aromatic carbocycles. The molecular formula is C9H16N2. The van der Waals surface area contributed by atoms with Gasteiger partial charge in [-0.25, -0.2) is 0 Å². The van der Waals surface area contributed by atoms with Crippen LogP contribution in [0.5, 0.6) is 0 Å². The van der Waals surface area contributed by atoms with Crippen molar-refractivity contribution in [2.45, 2.75) is 27.7 Å². The molecular weight excluding hydrogens is 136 g/mol. The molecule has 0 aromatic rings. The third-order valence-corrected chi connectivity index (χ3v) is 1.67. The van der Waals surface area contributed by atoms with Crippen LogP contribution in [0.25, 0.3) is 0 Å². The van der Waals surface area contributed by atoms with E-state index < -0.39 is 0 Å². The number of hydrogen-bond acceptors (Lipinski definition) is 2. The van der Waals surface area contributed by atoms with Crippen LogP contribution in [0.15, 0.2) is 23.8 Å². The van der Waals surface area contributed by atoms with Crippen molar-refractivity contribution >= 4 is 0 Å². The van der Waals surface area contributed by atoms with Gasteiger partial charge in [0.05, 0.1) is 0 Å². The molecule has 0 spiro atoms. The summed E-state index contributed by atoms with van der Waals surface area (Å²) in [5.41, 5.74) is 2.60. The molecule has 11 heavy (non-hydrogen) atoms. The Balaban J connectivity index is 2.70. The fourth-order valence-corrected chi connectivity index (χ4v) is 0.939. The standard InChI is InChI=1S/C9H16N2/c1-7-5-10-6-8(11-7)9(2,3)4/h5-6,10-11H,1-4H3. The normalized spacial score (nSPS) is 17.8. The second-order valence-corrected chi connectivity index (χ2v) is 3.93. The van der Waals surface area contributed by atoms with Crippen molar-refractivity contribution in [1.82, 2.24) is 10.6 Å². The summed E-state index contributed by atoms with van der Waals surface area (Å²) in [5, 5.41) is 6.42. The summed E-state index contributed by atoms with van der Waals surface area (Å²) in [4.78, 5) is 0. The van der Waals surface area contributed by atoms with E-state index in [0.717, 1.165) is 5.70 Å². The second kappa shape index (κ2) is 2.61. The molecule has 0 saturated carbocycles. The minimum Gasteiger partial charge on any atom is -0.365 e. The maximum atomic E-state index is 3.32. The lowest BCUT2D eigenvalue weighted by atomic mass is 9.92. The molecule has 2 nitrogen and oxygen atoms in total. The van der Waals surface area contributed by atoms with E-state index in [9.17, 15) is 0 Å². The van der Waals surface area contributed by atoms with E-state index in [-0.39, 0.29) is 5.41 Å². The summed E-state index contributed by atoms with van der Waals surface area (Å²) in [6.45, 7) is 8.61. The van der Waals surface area contributed by atoms with E-state index in [0.29, 0.717) is 0 Å². The van der Waals surface area contributed by atoms with Crippen LogP contribution in [0.1, 0.15) is 27.7 Å². The van der Waals surface area contributed by atoms with Crippen molar-refractivity contribution < 1.29 is 0 Å². The average Bonchev–Trinajstić information content (AvgIpc) is 1.86. The zero-order valence-corrected chi connectivity index (χ0v) is 7.65. The van der Waals surface area contributed by atoms with E-state index in [4.69, 9.17) is 0 Å².